The fraction of sp³-hybridized carbons (Fsp3) is 0.625. The van der Waals surface area contributed by atoms with E-state index in [1.54, 1.807) is 0 Å². The number of halogens is 1. The van der Waals surface area contributed by atoms with Gasteiger partial charge in [-0.05, 0) is 38.8 Å². The van der Waals surface area contributed by atoms with Gasteiger partial charge >= 0.3 is 6.09 Å². The summed E-state index contributed by atoms with van der Waals surface area (Å²) in [6.07, 6.45) is 2.66. The third kappa shape index (κ3) is 3.36. The maximum atomic E-state index is 12.2. The summed E-state index contributed by atoms with van der Waals surface area (Å²) < 4.78 is 5.48. The lowest BCUT2D eigenvalue weighted by Gasteiger charge is -2.35. The third-order valence-electron chi connectivity index (χ3n) is 4.16. The third-order valence-corrected chi connectivity index (χ3v) is 4.38. The molecule has 2 bridgehead atoms. The molecule has 1 amide bonds. The number of pyridine rings is 1. The van der Waals surface area contributed by atoms with Gasteiger partial charge < -0.3 is 9.64 Å². The van der Waals surface area contributed by atoms with Gasteiger partial charge in [0.25, 0.3) is 0 Å². The molecule has 2 saturated heterocycles. The smallest absolute Gasteiger partial charge is 0.410 e. The lowest BCUT2D eigenvalue weighted by atomic mass is 10.2. The highest BCUT2D eigenvalue weighted by Crippen LogP contribution is 2.32. The van der Waals surface area contributed by atoms with Crippen LogP contribution in [0.1, 0.15) is 32.8 Å². The second kappa shape index (κ2) is 5.70. The monoisotopic (exact) mass is 323 g/mol. The van der Waals surface area contributed by atoms with E-state index in [4.69, 9.17) is 16.3 Å². The van der Waals surface area contributed by atoms with Crippen molar-refractivity contribution in [1.29, 1.82) is 0 Å². The zero-order chi connectivity index (χ0) is 15.9. The fourth-order valence-corrected chi connectivity index (χ4v) is 3.33. The van der Waals surface area contributed by atoms with Crippen molar-refractivity contribution in [2.24, 2.45) is 0 Å². The molecule has 2 aliphatic heterocycles. The lowest BCUT2D eigenvalue weighted by Crippen LogP contribution is -2.49. The van der Waals surface area contributed by atoms with Crippen molar-refractivity contribution in [2.75, 3.05) is 13.1 Å². The maximum absolute atomic E-state index is 12.2. The molecule has 1 aromatic rings. The van der Waals surface area contributed by atoms with Crippen LogP contribution in [-0.2, 0) is 11.3 Å². The first-order valence-electron chi connectivity index (χ1n) is 7.66. The van der Waals surface area contributed by atoms with Gasteiger partial charge in [-0.15, -0.1) is 0 Å². The van der Waals surface area contributed by atoms with Crippen molar-refractivity contribution >= 4 is 17.7 Å². The van der Waals surface area contributed by atoms with Crippen molar-refractivity contribution in [1.82, 2.24) is 14.8 Å². The van der Waals surface area contributed by atoms with Gasteiger partial charge in [0.1, 0.15) is 10.8 Å². The average molecular weight is 324 g/mol. The van der Waals surface area contributed by atoms with E-state index in [2.05, 4.69) is 9.88 Å². The maximum Gasteiger partial charge on any atom is 0.410 e. The first kappa shape index (κ1) is 15.6. The molecule has 0 N–H and O–H groups in total. The van der Waals surface area contributed by atoms with Crippen molar-refractivity contribution in [3.05, 3.63) is 29.0 Å². The standard InChI is InChI=1S/C16H22ClN3O2/c1-16(2,3)22-15(21)20-10-12-6-13(20)9-19(12)8-11-4-5-14(17)18-7-11/h4-5,7,12-13H,6,8-10H2,1-3H3/t12-,13-/m0/s1. The van der Waals surface area contributed by atoms with Crippen molar-refractivity contribution < 1.29 is 9.53 Å². The summed E-state index contributed by atoms with van der Waals surface area (Å²) in [5.41, 5.74) is 0.717. The van der Waals surface area contributed by atoms with Crippen molar-refractivity contribution in [3.63, 3.8) is 0 Å². The number of ether oxygens (including phenoxy) is 1. The van der Waals surface area contributed by atoms with E-state index < -0.39 is 5.60 Å². The fourth-order valence-electron chi connectivity index (χ4n) is 3.22. The predicted molar refractivity (Wildman–Crippen MR) is 84.8 cm³/mol. The van der Waals surface area contributed by atoms with Crippen LogP contribution in [0.2, 0.25) is 5.15 Å². The van der Waals surface area contributed by atoms with E-state index in [9.17, 15) is 4.79 Å². The number of aromatic nitrogens is 1. The highest BCUT2D eigenvalue weighted by Gasteiger charge is 2.46. The molecule has 0 aromatic carbocycles. The number of carbonyl (C=O) groups is 1. The van der Waals surface area contributed by atoms with Crippen LogP contribution in [0.3, 0.4) is 0 Å². The number of likely N-dealkylation sites (tertiary alicyclic amines) is 2. The molecule has 3 heterocycles. The van der Waals surface area contributed by atoms with E-state index >= 15 is 0 Å². The summed E-state index contributed by atoms with van der Waals surface area (Å²) in [5.74, 6) is 0. The number of amides is 1. The number of nitrogens with zero attached hydrogens (tertiary/aromatic N) is 3. The minimum absolute atomic E-state index is 0.187. The molecule has 2 fully saturated rings. The second-order valence-electron chi connectivity index (χ2n) is 7.09. The summed E-state index contributed by atoms with van der Waals surface area (Å²) in [5, 5.41) is 0.516. The van der Waals surface area contributed by atoms with Crippen molar-refractivity contribution in [3.8, 4) is 0 Å². The van der Waals surface area contributed by atoms with E-state index in [-0.39, 0.29) is 12.1 Å². The molecule has 2 atom stereocenters. The highest BCUT2D eigenvalue weighted by molar-refractivity contribution is 6.29. The van der Waals surface area contributed by atoms with Crippen LogP contribution in [0.15, 0.2) is 18.3 Å². The van der Waals surface area contributed by atoms with Gasteiger partial charge in [-0.25, -0.2) is 9.78 Å². The molecular weight excluding hydrogens is 302 g/mol. The van der Waals surface area contributed by atoms with Gasteiger partial charge in [0, 0.05) is 37.9 Å². The molecule has 1 aromatic heterocycles. The molecule has 0 saturated carbocycles. The number of rotatable bonds is 2. The minimum Gasteiger partial charge on any atom is -0.444 e. The Morgan fingerprint density at radius 2 is 2.14 bits per heavy atom. The highest BCUT2D eigenvalue weighted by atomic mass is 35.5. The van der Waals surface area contributed by atoms with Gasteiger partial charge in [0.2, 0.25) is 0 Å². The molecule has 0 spiro atoms. The van der Waals surface area contributed by atoms with Crippen molar-refractivity contribution in [2.45, 2.75) is 51.4 Å². The van der Waals surface area contributed by atoms with E-state index in [0.717, 1.165) is 31.6 Å². The SMILES string of the molecule is CC(C)(C)OC(=O)N1C[C@@H]2C[C@H]1CN2Cc1ccc(Cl)nc1. The quantitative estimate of drug-likeness (QED) is 0.785. The van der Waals surface area contributed by atoms with Crippen LogP contribution >= 0.6 is 11.6 Å². The molecule has 6 heteroatoms. The van der Waals surface area contributed by atoms with E-state index in [0.29, 0.717) is 11.2 Å². The Bertz CT molecular complexity index is 556. The molecule has 120 valence electrons. The Hall–Kier alpha value is -1.33. The number of piperazine rings is 1. The first-order chi connectivity index (χ1) is 10.3. The minimum atomic E-state index is -0.437. The zero-order valence-electron chi connectivity index (χ0n) is 13.3. The largest absolute Gasteiger partial charge is 0.444 e. The first-order valence-corrected chi connectivity index (χ1v) is 8.04. The number of hydrogen-bond donors (Lipinski definition) is 0. The van der Waals surface area contributed by atoms with Crippen LogP contribution in [-0.4, -0.2) is 51.7 Å². The van der Waals surface area contributed by atoms with Gasteiger partial charge in [-0.1, -0.05) is 17.7 Å². The van der Waals surface area contributed by atoms with Gasteiger partial charge in [0.15, 0.2) is 0 Å². The molecular formula is C16H22ClN3O2. The van der Waals surface area contributed by atoms with E-state index in [1.807, 2.05) is 44.0 Å². The Morgan fingerprint density at radius 3 is 2.68 bits per heavy atom. The van der Waals surface area contributed by atoms with Gasteiger partial charge in [0.05, 0.1) is 0 Å². The molecule has 2 aliphatic rings. The molecule has 5 nitrogen and oxygen atoms in total. The summed E-state index contributed by atoms with van der Waals surface area (Å²) in [7, 11) is 0. The number of hydrogen-bond acceptors (Lipinski definition) is 4. The van der Waals surface area contributed by atoms with Crippen LogP contribution in [0.25, 0.3) is 0 Å². The molecule has 0 aliphatic carbocycles. The normalized spacial score (nSPS) is 24.8. The second-order valence-corrected chi connectivity index (χ2v) is 7.48. The lowest BCUT2D eigenvalue weighted by molar-refractivity contribution is 0.0124. The molecule has 22 heavy (non-hydrogen) atoms. The zero-order valence-corrected chi connectivity index (χ0v) is 14.0. The van der Waals surface area contributed by atoms with Crippen LogP contribution < -0.4 is 0 Å². The average Bonchev–Trinajstić information content (AvgIpc) is 2.99. The summed E-state index contributed by atoms with van der Waals surface area (Å²) in [4.78, 5) is 20.6. The summed E-state index contributed by atoms with van der Waals surface area (Å²) in [6, 6.07) is 4.50. The Labute approximate surface area is 136 Å². The molecule has 0 radical (unpaired) electrons. The topological polar surface area (TPSA) is 45.7 Å². The van der Waals surface area contributed by atoms with Crippen LogP contribution in [0.5, 0.6) is 0 Å². The number of carbonyl (C=O) groups excluding carboxylic acids is 1. The summed E-state index contributed by atoms with van der Waals surface area (Å²) >= 11 is 5.82. The molecule has 0 unspecified atom stereocenters. The Morgan fingerprint density at radius 1 is 1.36 bits per heavy atom. The summed E-state index contributed by atoms with van der Waals surface area (Å²) in [6.45, 7) is 8.21. The Kier molecular flexibility index (Phi) is 4.03. The van der Waals surface area contributed by atoms with Crippen LogP contribution in [0.4, 0.5) is 4.79 Å². The number of fused-ring (bicyclic) bond motifs is 2. The van der Waals surface area contributed by atoms with E-state index in [1.165, 1.54) is 0 Å². The van der Waals surface area contributed by atoms with Gasteiger partial charge in [-0.2, -0.15) is 0 Å². The Balaban J connectivity index is 1.58. The molecule has 3 rings (SSSR count). The van der Waals surface area contributed by atoms with Crippen LogP contribution in [0, 0.1) is 0 Å². The van der Waals surface area contributed by atoms with Gasteiger partial charge in [-0.3, -0.25) is 4.90 Å². The predicted octanol–water partition coefficient (Wildman–Crippen LogP) is 2.93.